The highest BCUT2D eigenvalue weighted by Gasteiger charge is 2.29. The summed E-state index contributed by atoms with van der Waals surface area (Å²) in [6, 6.07) is 10.9. The van der Waals surface area contributed by atoms with E-state index >= 15 is 0 Å². The molecule has 144 valence electrons. The van der Waals surface area contributed by atoms with Crippen LogP contribution in [0.2, 0.25) is 0 Å². The molecule has 2 fully saturated rings. The third-order valence-corrected chi connectivity index (χ3v) is 6.12. The topological polar surface area (TPSA) is 50.2 Å². The lowest BCUT2D eigenvalue weighted by atomic mass is 10.00. The van der Waals surface area contributed by atoms with E-state index in [1.165, 1.54) is 31.2 Å². The lowest BCUT2D eigenvalue weighted by molar-refractivity contribution is -0.122. The zero-order chi connectivity index (χ0) is 18.6. The van der Waals surface area contributed by atoms with Crippen LogP contribution in [0.3, 0.4) is 0 Å². The Morgan fingerprint density at radius 2 is 1.85 bits per heavy atom. The van der Waals surface area contributed by atoms with Gasteiger partial charge in [0.25, 0.3) is 0 Å². The van der Waals surface area contributed by atoms with Gasteiger partial charge in [0.05, 0.1) is 29.7 Å². The van der Waals surface area contributed by atoms with Gasteiger partial charge >= 0.3 is 0 Å². The Morgan fingerprint density at radius 1 is 1.11 bits per heavy atom. The van der Waals surface area contributed by atoms with Gasteiger partial charge < -0.3 is 5.32 Å². The molecule has 4 rings (SSSR count). The van der Waals surface area contributed by atoms with Gasteiger partial charge in [0.15, 0.2) is 0 Å². The molecule has 0 bridgehead atoms. The van der Waals surface area contributed by atoms with Crippen LogP contribution < -0.4 is 5.32 Å². The molecule has 1 aromatic carbocycles. The van der Waals surface area contributed by atoms with Crippen molar-refractivity contribution in [3.8, 4) is 0 Å². The zero-order valence-corrected chi connectivity index (χ0v) is 16.2. The number of carbonyl (C=O) groups excluding carboxylic acids is 1. The summed E-state index contributed by atoms with van der Waals surface area (Å²) in [6.07, 6.45) is 9.99. The van der Waals surface area contributed by atoms with Crippen molar-refractivity contribution in [2.75, 3.05) is 11.9 Å². The second kappa shape index (κ2) is 8.26. The second-order valence-corrected chi connectivity index (χ2v) is 7.98. The highest BCUT2D eigenvalue weighted by molar-refractivity contribution is 5.95. The van der Waals surface area contributed by atoms with Crippen LogP contribution in [-0.4, -0.2) is 33.2 Å². The van der Waals surface area contributed by atoms with Gasteiger partial charge in [0, 0.05) is 6.54 Å². The molecule has 2 heterocycles. The number of likely N-dealkylation sites (tertiary alicyclic amines) is 1. The number of benzene rings is 1. The van der Waals surface area contributed by atoms with Crippen LogP contribution in [-0.2, 0) is 11.3 Å². The molecule has 27 heavy (non-hydrogen) atoms. The average Bonchev–Trinajstić information content (AvgIpc) is 3.33. The third-order valence-electron chi connectivity index (χ3n) is 6.12. The highest BCUT2D eigenvalue weighted by Crippen LogP contribution is 2.31. The van der Waals surface area contributed by atoms with Crippen LogP contribution in [0.15, 0.2) is 36.5 Å². The normalized spacial score (nSPS) is 21.4. The summed E-state index contributed by atoms with van der Waals surface area (Å²) in [5.74, 6) is 0.111. The van der Waals surface area contributed by atoms with Gasteiger partial charge in [-0.3, -0.25) is 14.4 Å². The molecule has 1 aromatic heterocycles. The number of piperidine rings is 1. The molecule has 2 aliphatic rings. The molecule has 1 aliphatic heterocycles. The number of nitrogens with one attached hydrogen (secondary N) is 1. The number of aromatic nitrogens is 2. The summed E-state index contributed by atoms with van der Waals surface area (Å²) in [6.45, 7) is 3.89. The maximum absolute atomic E-state index is 13.1. The van der Waals surface area contributed by atoms with E-state index in [-0.39, 0.29) is 11.9 Å². The van der Waals surface area contributed by atoms with Gasteiger partial charge in [0.2, 0.25) is 5.91 Å². The van der Waals surface area contributed by atoms with Gasteiger partial charge in [0.1, 0.15) is 0 Å². The molecule has 1 N–H and O–H groups in total. The Balaban J connectivity index is 1.44. The van der Waals surface area contributed by atoms with E-state index in [1.807, 2.05) is 12.3 Å². The monoisotopic (exact) mass is 366 g/mol. The molecule has 1 atom stereocenters. The van der Waals surface area contributed by atoms with Crippen LogP contribution in [0, 0.1) is 6.92 Å². The first-order valence-corrected chi connectivity index (χ1v) is 10.4. The van der Waals surface area contributed by atoms with E-state index < -0.39 is 0 Å². The molecule has 5 nitrogen and oxygen atoms in total. The fourth-order valence-corrected chi connectivity index (χ4v) is 4.57. The minimum absolute atomic E-state index is 0.0619. The number of rotatable bonds is 5. The van der Waals surface area contributed by atoms with E-state index in [4.69, 9.17) is 0 Å². The van der Waals surface area contributed by atoms with Crippen molar-refractivity contribution in [2.45, 2.75) is 70.5 Å². The maximum Gasteiger partial charge on any atom is 0.241 e. The standard InChI is InChI=1S/C22H30N4O/c1-17-20(15-23-26(17)19-11-5-6-12-19)24-22(27)21-13-7-8-14-25(21)16-18-9-3-2-4-10-18/h2-4,9-10,15,19,21H,5-8,11-14,16H2,1H3,(H,24,27). The third kappa shape index (κ3) is 4.08. The van der Waals surface area contributed by atoms with Crippen molar-refractivity contribution in [1.29, 1.82) is 0 Å². The molecule has 1 unspecified atom stereocenters. The SMILES string of the molecule is Cc1c(NC(=O)C2CCCCN2Cc2ccccc2)cnn1C1CCCC1. The predicted octanol–water partition coefficient (Wildman–Crippen LogP) is 4.30. The second-order valence-electron chi connectivity index (χ2n) is 7.98. The smallest absolute Gasteiger partial charge is 0.241 e. The number of hydrogen-bond donors (Lipinski definition) is 1. The van der Waals surface area contributed by atoms with Crippen LogP contribution in [0.5, 0.6) is 0 Å². The largest absolute Gasteiger partial charge is 0.322 e. The molecule has 1 amide bonds. The van der Waals surface area contributed by atoms with Crippen LogP contribution in [0.1, 0.15) is 62.2 Å². The lowest BCUT2D eigenvalue weighted by Gasteiger charge is -2.34. The highest BCUT2D eigenvalue weighted by atomic mass is 16.2. The van der Waals surface area contributed by atoms with E-state index in [2.05, 4.69) is 51.2 Å². The van der Waals surface area contributed by atoms with Crippen molar-refractivity contribution >= 4 is 11.6 Å². The van der Waals surface area contributed by atoms with Crippen molar-refractivity contribution in [1.82, 2.24) is 14.7 Å². The summed E-state index contributed by atoms with van der Waals surface area (Å²) >= 11 is 0. The molecule has 5 heteroatoms. The molecular weight excluding hydrogens is 336 g/mol. The van der Waals surface area contributed by atoms with E-state index in [0.29, 0.717) is 6.04 Å². The molecule has 1 aliphatic carbocycles. The average molecular weight is 367 g/mol. The first-order chi connectivity index (χ1) is 13.2. The summed E-state index contributed by atoms with van der Waals surface area (Å²) in [7, 11) is 0. The number of hydrogen-bond acceptors (Lipinski definition) is 3. The summed E-state index contributed by atoms with van der Waals surface area (Å²) in [4.78, 5) is 15.4. The van der Waals surface area contributed by atoms with Crippen molar-refractivity contribution in [3.63, 3.8) is 0 Å². The fraction of sp³-hybridized carbons (Fsp3) is 0.545. The Morgan fingerprint density at radius 3 is 2.63 bits per heavy atom. The van der Waals surface area contributed by atoms with Gasteiger partial charge in [-0.15, -0.1) is 0 Å². The molecule has 0 spiro atoms. The van der Waals surface area contributed by atoms with Crippen LogP contribution in [0.25, 0.3) is 0 Å². The first kappa shape index (κ1) is 18.2. The van der Waals surface area contributed by atoms with Crippen LogP contribution >= 0.6 is 0 Å². The van der Waals surface area contributed by atoms with E-state index in [0.717, 1.165) is 43.7 Å². The molecule has 0 radical (unpaired) electrons. The maximum atomic E-state index is 13.1. The number of carbonyl (C=O) groups is 1. The minimum atomic E-state index is -0.0619. The zero-order valence-electron chi connectivity index (χ0n) is 16.2. The summed E-state index contributed by atoms with van der Waals surface area (Å²) in [5, 5.41) is 7.75. The predicted molar refractivity (Wildman–Crippen MR) is 108 cm³/mol. The summed E-state index contributed by atoms with van der Waals surface area (Å²) < 4.78 is 2.12. The molecular formula is C22H30N4O. The van der Waals surface area contributed by atoms with Crippen molar-refractivity contribution in [3.05, 3.63) is 47.8 Å². The molecule has 1 saturated heterocycles. The Labute approximate surface area is 161 Å². The number of nitrogens with zero attached hydrogens (tertiary/aromatic N) is 3. The molecule has 1 saturated carbocycles. The lowest BCUT2D eigenvalue weighted by Crippen LogP contribution is -2.46. The quantitative estimate of drug-likeness (QED) is 0.858. The first-order valence-electron chi connectivity index (χ1n) is 10.4. The fourth-order valence-electron chi connectivity index (χ4n) is 4.57. The van der Waals surface area contributed by atoms with E-state index in [9.17, 15) is 4.79 Å². The van der Waals surface area contributed by atoms with Crippen LogP contribution in [0.4, 0.5) is 5.69 Å². The number of anilines is 1. The Hall–Kier alpha value is -2.14. The minimum Gasteiger partial charge on any atom is -0.322 e. The molecule has 2 aromatic rings. The summed E-state index contributed by atoms with van der Waals surface area (Å²) in [5.41, 5.74) is 3.22. The number of amides is 1. The van der Waals surface area contributed by atoms with Crippen molar-refractivity contribution in [2.24, 2.45) is 0 Å². The van der Waals surface area contributed by atoms with Gasteiger partial charge in [-0.2, -0.15) is 5.10 Å². The van der Waals surface area contributed by atoms with E-state index in [1.54, 1.807) is 0 Å². The Bertz CT molecular complexity index is 764. The van der Waals surface area contributed by atoms with Gasteiger partial charge in [-0.05, 0) is 44.7 Å². The Kier molecular flexibility index (Phi) is 5.58. The van der Waals surface area contributed by atoms with Crippen molar-refractivity contribution < 1.29 is 4.79 Å². The van der Waals surface area contributed by atoms with Gasteiger partial charge in [-0.25, -0.2) is 0 Å². The van der Waals surface area contributed by atoms with Gasteiger partial charge in [-0.1, -0.05) is 49.6 Å².